The summed E-state index contributed by atoms with van der Waals surface area (Å²) in [5.74, 6) is 1.56. The molecule has 8 heteroatoms. The first-order valence-corrected chi connectivity index (χ1v) is 7.51. The smallest absolute Gasteiger partial charge is 0.307 e. The number of hydrogen-bond donors (Lipinski definition) is 0. The average Bonchev–Trinajstić information content (AvgIpc) is 3.27. The summed E-state index contributed by atoms with van der Waals surface area (Å²) < 4.78 is 12.4. The van der Waals surface area contributed by atoms with Crippen LogP contribution >= 0.6 is 0 Å². The summed E-state index contributed by atoms with van der Waals surface area (Å²) in [7, 11) is 0. The third-order valence-corrected chi connectivity index (χ3v) is 4.30. The molecule has 0 saturated carbocycles. The molecule has 0 radical (unpaired) electrons. The van der Waals surface area contributed by atoms with Gasteiger partial charge in [-0.3, -0.25) is 19.7 Å². The number of fused-ring (bicyclic) bond motifs is 1. The van der Waals surface area contributed by atoms with E-state index in [1.54, 1.807) is 4.68 Å². The third-order valence-electron chi connectivity index (χ3n) is 4.30. The molecule has 1 saturated heterocycles. The van der Waals surface area contributed by atoms with Crippen LogP contribution in [0, 0.1) is 10.1 Å². The van der Waals surface area contributed by atoms with Crippen LogP contribution in [0.15, 0.2) is 30.6 Å². The van der Waals surface area contributed by atoms with Crippen molar-refractivity contribution in [1.29, 1.82) is 0 Å². The predicted octanol–water partition coefficient (Wildman–Crippen LogP) is 2.31. The normalized spacial score (nSPS) is 20.1. The largest absolute Gasteiger partial charge is 0.454 e. The molecule has 1 aromatic heterocycles. The highest BCUT2D eigenvalue weighted by molar-refractivity contribution is 5.45. The molecule has 1 aromatic carbocycles. The lowest BCUT2D eigenvalue weighted by Crippen LogP contribution is -2.26. The second kappa shape index (κ2) is 5.54. The maximum atomic E-state index is 10.8. The molecule has 2 aromatic rings. The zero-order valence-electron chi connectivity index (χ0n) is 12.4. The lowest BCUT2D eigenvalue weighted by Gasteiger charge is -2.24. The van der Waals surface area contributed by atoms with Gasteiger partial charge >= 0.3 is 5.69 Å². The molecular weight excluding hydrogens is 300 g/mol. The Labute approximate surface area is 132 Å². The summed E-state index contributed by atoms with van der Waals surface area (Å²) in [4.78, 5) is 12.6. The summed E-state index contributed by atoms with van der Waals surface area (Å²) >= 11 is 0. The number of rotatable bonds is 4. The van der Waals surface area contributed by atoms with Gasteiger partial charge in [-0.15, -0.1) is 0 Å². The van der Waals surface area contributed by atoms with Gasteiger partial charge in [0.15, 0.2) is 11.5 Å². The fourth-order valence-corrected chi connectivity index (χ4v) is 3.20. The van der Waals surface area contributed by atoms with E-state index in [9.17, 15) is 10.1 Å². The van der Waals surface area contributed by atoms with Gasteiger partial charge in [0.05, 0.1) is 11.6 Å². The number of likely N-dealkylation sites (tertiary alicyclic amines) is 1. The van der Waals surface area contributed by atoms with Crippen LogP contribution in [0.1, 0.15) is 24.4 Å². The van der Waals surface area contributed by atoms with Gasteiger partial charge in [0.1, 0.15) is 12.4 Å². The maximum absolute atomic E-state index is 10.8. The average molecular weight is 316 g/mol. The number of hydrogen-bond acceptors (Lipinski definition) is 6. The van der Waals surface area contributed by atoms with Gasteiger partial charge in [-0.05, 0) is 30.5 Å². The van der Waals surface area contributed by atoms with E-state index in [4.69, 9.17) is 9.47 Å². The van der Waals surface area contributed by atoms with Crippen LogP contribution in [-0.4, -0.2) is 32.9 Å². The molecule has 0 N–H and O–H groups in total. The Hall–Kier alpha value is -2.61. The maximum Gasteiger partial charge on any atom is 0.307 e. The van der Waals surface area contributed by atoms with Crippen LogP contribution in [0.2, 0.25) is 0 Å². The minimum Gasteiger partial charge on any atom is -0.454 e. The van der Waals surface area contributed by atoms with Crippen LogP contribution in [0.4, 0.5) is 5.69 Å². The van der Waals surface area contributed by atoms with Gasteiger partial charge in [0.2, 0.25) is 6.79 Å². The molecule has 3 heterocycles. The molecular formula is C15H16N4O4. The first kappa shape index (κ1) is 14.0. The van der Waals surface area contributed by atoms with E-state index >= 15 is 0 Å². The second-order valence-electron chi connectivity index (χ2n) is 5.72. The summed E-state index contributed by atoms with van der Waals surface area (Å²) in [5.41, 5.74) is 1.19. The summed E-state index contributed by atoms with van der Waals surface area (Å²) in [6.07, 6.45) is 4.88. The molecule has 23 heavy (non-hydrogen) atoms. The SMILES string of the molecule is O=[N+]([O-])c1cnn(CN2CCCC2c2ccc3c(c2)OCO3)c1. The summed E-state index contributed by atoms with van der Waals surface area (Å²) in [5, 5.41) is 14.8. The van der Waals surface area contributed by atoms with Crippen molar-refractivity contribution in [3.63, 3.8) is 0 Å². The first-order valence-electron chi connectivity index (χ1n) is 7.51. The van der Waals surface area contributed by atoms with E-state index in [2.05, 4.69) is 16.1 Å². The number of nitro groups is 1. The zero-order chi connectivity index (χ0) is 15.8. The van der Waals surface area contributed by atoms with Crippen molar-refractivity contribution in [1.82, 2.24) is 14.7 Å². The number of nitrogens with zero attached hydrogens (tertiary/aromatic N) is 4. The van der Waals surface area contributed by atoms with E-state index in [1.165, 1.54) is 18.0 Å². The molecule has 1 unspecified atom stereocenters. The van der Waals surface area contributed by atoms with Crippen molar-refractivity contribution < 1.29 is 14.4 Å². The van der Waals surface area contributed by atoms with Crippen molar-refractivity contribution in [2.75, 3.05) is 13.3 Å². The molecule has 2 aliphatic heterocycles. The van der Waals surface area contributed by atoms with Gasteiger partial charge in [-0.2, -0.15) is 5.10 Å². The van der Waals surface area contributed by atoms with Crippen molar-refractivity contribution in [3.8, 4) is 11.5 Å². The van der Waals surface area contributed by atoms with E-state index in [0.717, 1.165) is 30.9 Å². The highest BCUT2D eigenvalue weighted by atomic mass is 16.7. The van der Waals surface area contributed by atoms with Crippen molar-refractivity contribution >= 4 is 5.69 Å². The molecule has 0 bridgehead atoms. The molecule has 4 rings (SSSR count). The van der Waals surface area contributed by atoms with E-state index in [-0.39, 0.29) is 18.5 Å². The first-order chi connectivity index (χ1) is 11.2. The van der Waals surface area contributed by atoms with Crippen LogP contribution < -0.4 is 9.47 Å². The summed E-state index contributed by atoms with van der Waals surface area (Å²) in [6.45, 7) is 1.74. The Balaban J connectivity index is 1.53. The van der Waals surface area contributed by atoms with Crippen LogP contribution in [0.25, 0.3) is 0 Å². The molecule has 0 spiro atoms. The second-order valence-corrected chi connectivity index (χ2v) is 5.72. The van der Waals surface area contributed by atoms with Gasteiger partial charge < -0.3 is 9.47 Å². The Morgan fingerprint density at radius 2 is 2.22 bits per heavy atom. The molecule has 120 valence electrons. The predicted molar refractivity (Wildman–Crippen MR) is 80.1 cm³/mol. The highest BCUT2D eigenvalue weighted by Crippen LogP contribution is 2.39. The lowest BCUT2D eigenvalue weighted by atomic mass is 10.0. The van der Waals surface area contributed by atoms with Crippen LogP contribution in [0.5, 0.6) is 11.5 Å². The standard InChI is InChI=1S/C15H16N4O4/c20-19(21)12-7-16-18(8-12)9-17-5-1-2-13(17)11-3-4-14-15(6-11)23-10-22-14/h3-4,6-8,13H,1-2,5,9-10H2. The molecule has 1 fully saturated rings. The van der Waals surface area contributed by atoms with Gasteiger partial charge in [0.25, 0.3) is 0 Å². The zero-order valence-corrected chi connectivity index (χ0v) is 12.4. The minimum absolute atomic E-state index is 0.0174. The number of aromatic nitrogens is 2. The minimum atomic E-state index is -0.428. The van der Waals surface area contributed by atoms with Crippen LogP contribution in [-0.2, 0) is 6.67 Å². The quantitative estimate of drug-likeness (QED) is 0.636. The molecule has 2 aliphatic rings. The van der Waals surface area contributed by atoms with Crippen molar-refractivity contribution in [2.45, 2.75) is 25.6 Å². The number of ether oxygens (including phenoxy) is 2. The van der Waals surface area contributed by atoms with E-state index < -0.39 is 4.92 Å². The third kappa shape index (κ3) is 2.61. The highest BCUT2D eigenvalue weighted by Gasteiger charge is 2.28. The summed E-state index contributed by atoms with van der Waals surface area (Å²) in [6, 6.07) is 6.28. The molecule has 1 atom stereocenters. The Kier molecular flexibility index (Phi) is 3.38. The van der Waals surface area contributed by atoms with Crippen molar-refractivity contribution in [3.05, 3.63) is 46.3 Å². The fourth-order valence-electron chi connectivity index (χ4n) is 3.20. The van der Waals surface area contributed by atoms with Gasteiger partial charge in [-0.1, -0.05) is 6.07 Å². The Morgan fingerprint density at radius 3 is 3.04 bits per heavy atom. The van der Waals surface area contributed by atoms with Gasteiger partial charge in [-0.25, -0.2) is 0 Å². The van der Waals surface area contributed by atoms with E-state index in [1.807, 2.05) is 12.1 Å². The Bertz CT molecular complexity index is 745. The topological polar surface area (TPSA) is 82.7 Å². The monoisotopic (exact) mass is 316 g/mol. The Morgan fingerprint density at radius 1 is 1.35 bits per heavy atom. The lowest BCUT2D eigenvalue weighted by molar-refractivity contribution is -0.385. The van der Waals surface area contributed by atoms with Crippen molar-refractivity contribution in [2.24, 2.45) is 0 Å². The molecule has 8 nitrogen and oxygen atoms in total. The fraction of sp³-hybridized carbons (Fsp3) is 0.400. The molecule has 0 amide bonds. The van der Waals surface area contributed by atoms with Crippen LogP contribution in [0.3, 0.4) is 0 Å². The molecule has 0 aliphatic carbocycles. The number of benzene rings is 1. The van der Waals surface area contributed by atoms with E-state index in [0.29, 0.717) is 6.67 Å². The van der Waals surface area contributed by atoms with Gasteiger partial charge in [0, 0.05) is 12.6 Å².